The molecule has 0 atom stereocenters. The maximum Gasteiger partial charge on any atom is 0.407 e. The molecule has 0 aromatic carbocycles. The summed E-state index contributed by atoms with van der Waals surface area (Å²) in [5.74, 6) is 0.450. The van der Waals surface area contributed by atoms with Gasteiger partial charge in [0.1, 0.15) is 11.4 Å². The lowest BCUT2D eigenvalue weighted by atomic mass is 10.1. The Labute approximate surface area is 117 Å². The Hall–Kier alpha value is -2.31. The van der Waals surface area contributed by atoms with Gasteiger partial charge in [-0.25, -0.2) is 4.79 Å². The fraction of sp³-hybridized carbons (Fsp3) is 0.462. The maximum atomic E-state index is 11.6. The Morgan fingerprint density at radius 3 is 2.75 bits per heavy atom. The van der Waals surface area contributed by atoms with Crippen molar-refractivity contribution in [2.45, 2.75) is 32.9 Å². The van der Waals surface area contributed by atoms with Crippen molar-refractivity contribution in [2.75, 3.05) is 7.11 Å². The molecule has 0 saturated heterocycles. The van der Waals surface area contributed by atoms with Crippen LogP contribution in [0.4, 0.5) is 4.79 Å². The molecule has 0 bridgehead atoms. The predicted octanol–water partition coefficient (Wildman–Crippen LogP) is 1.92. The first kappa shape index (κ1) is 15.7. The van der Waals surface area contributed by atoms with Crippen LogP contribution >= 0.6 is 0 Å². The Balaban J connectivity index is 2.80. The highest BCUT2D eigenvalue weighted by molar-refractivity contribution is 5.85. The number of hydrogen-bond donors (Lipinski definition) is 2. The molecule has 20 heavy (non-hydrogen) atoms. The Bertz CT molecular complexity index is 495. The third-order valence-electron chi connectivity index (χ3n) is 2.26. The van der Waals surface area contributed by atoms with E-state index in [9.17, 15) is 4.79 Å². The summed E-state index contributed by atoms with van der Waals surface area (Å²) in [6, 6.07) is 0. The van der Waals surface area contributed by atoms with Gasteiger partial charge >= 0.3 is 6.09 Å². The minimum Gasteiger partial charge on any atom is -0.494 e. The predicted molar refractivity (Wildman–Crippen MR) is 73.2 cm³/mol. The van der Waals surface area contributed by atoms with Crippen molar-refractivity contribution in [2.24, 2.45) is 5.16 Å². The van der Waals surface area contributed by atoms with Gasteiger partial charge in [-0.05, 0) is 20.8 Å². The van der Waals surface area contributed by atoms with Crippen molar-refractivity contribution >= 4 is 12.3 Å². The van der Waals surface area contributed by atoms with E-state index in [4.69, 9.17) is 14.7 Å². The van der Waals surface area contributed by atoms with Crippen LogP contribution in [0.15, 0.2) is 17.5 Å². The van der Waals surface area contributed by atoms with E-state index in [-0.39, 0.29) is 6.54 Å². The van der Waals surface area contributed by atoms with Gasteiger partial charge in [-0.2, -0.15) is 0 Å². The molecule has 1 amide bonds. The number of nitrogens with zero attached hydrogens (tertiary/aromatic N) is 2. The fourth-order valence-electron chi connectivity index (χ4n) is 1.48. The summed E-state index contributed by atoms with van der Waals surface area (Å²) in [6.07, 6.45) is 3.74. The summed E-state index contributed by atoms with van der Waals surface area (Å²) in [5, 5.41) is 14.3. The number of methoxy groups -OCH3 is 1. The van der Waals surface area contributed by atoms with Crippen LogP contribution in [0, 0.1) is 0 Å². The summed E-state index contributed by atoms with van der Waals surface area (Å²) in [6.45, 7) is 5.52. The first-order valence-electron chi connectivity index (χ1n) is 6.02. The Morgan fingerprint density at radius 1 is 1.50 bits per heavy atom. The first-order valence-corrected chi connectivity index (χ1v) is 6.02. The molecule has 0 spiro atoms. The zero-order valence-corrected chi connectivity index (χ0v) is 12.0. The highest BCUT2D eigenvalue weighted by atomic mass is 16.6. The van der Waals surface area contributed by atoms with Crippen molar-refractivity contribution in [3.05, 3.63) is 23.5 Å². The fourth-order valence-corrected chi connectivity index (χ4v) is 1.48. The van der Waals surface area contributed by atoms with Crippen molar-refractivity contribution in [3.8, 4) is 5.75 Å². The Morgan fingerprint density at radius 2 is 2.20 bits per heavy atom. The van der Waals surface area contributed by atoms with Gasteiger partial charge in [0.15, 0.2) is 0 Å². The van der Waals surface area contributed by atoms with Gasteiger partial charge in [0.05, 0.1) is 19.5 Å². The number of hydrogen-bond acceptors (Lipinski definition) is 6. The molecule has 1 aromatic rings. The zero-order chi connectivity index (χ0) is 15.2. The molecular formula is C13H19N3O4. The van der Waals surface area contributed by atoms with E-state index in [1.807, 2.05) is 0 Å². The molecule has 0 fully saturated rings. The molecule has 7 heteroatoms. The molecule has 1 heterocycles. The van der Waals surface area contributed by atoms with Crippen LogP contribution in [0.3, 0.4) is 0 Å². The largest absolute Gasteiger partial charge is 0.494 e. The lowest BCUT2D eigenvalue weighted by Gasteiger charge is -2.20. The number of nitrogens with one attached hydrogen (secondary N) is 1. The number of oxime groups is 1. The average Bonchev–Trinajstić information content (AvgIpc) is 2.35. The lowest BCUT2D eigenvalue weighted by Crippen LogP contribution is -2.32. The van der Waals surface area contributed by atoms with Crippen molar-refractivity contribution < 1.29 is 19.5 Å². The van der Waals surface area contributed by atoms with E-state index < -0.39 is 11.7 Å². The van der Waals surface area contributed by atoms with Crippen LogP contribution in [0.5, 0.6) is 5.75 Å². The molecule has 0 radical (unpaired) electrons. The standard InChI is InChI=1S/C13H19N3O4/c1-13(2,3)20-12(17)15-6-9-5-14-8-11(19-4)10(9)7-16-18/h5,7-8,18H,6H2,1-4H3,(H,15,17)/b16-7-. The van der Waals surface area contributed by atoms with Gasteiger partial charge in [0.2, 0.25) is 0 Å². The second-order valence-electron chi connectivity index (χ2n) is 5.01. The van der Waals surface area contributed by atoms with E-state index in [1.165, 1.54) is 19.5 Å². The normalized spacial score (nSPS) is 11.4. The summed E-state index contributed by atoms with van der Waals surface area (Å²) in [5.41, 5.74) is 0.626. The number of carbonyl (C=O) groups excluding carboxylic acids is 1. The minimum atomic E-state index is -0.563. The molecule has 0 unspecified atom stereocenters. The van der Waals surface area contributed by atoms with E-state index in [2.05, 4.69) is 15.5 Å². The lowest BCUT2D eigenvalue weighted by molar-refractivity contribution is 0.0523. The van der Waals surface area contributed by atoms with Gasteiger partial charge in [-0.3, -0.25) is 4.98 Å². The van der Waals surface area contributed by atoms with Crippen LogP contribution in [-0.4, -0.2) is 35.2 Å². The molecule has 1 aromatic heterocycles. The summed E-state index contributed by atoms with van der Waals surface area (Å²) < 4.78 is 10.2. The van der Waals surface area contributed by atoms with Crippen molar-refractivity contribution in [1.82, 2.24) is 10.3 Å². The van der Waals surface area contributed by atoms with Gasteiger partial charge in [-0.15, -0.1) is 0 Å². The maximum absolute atomic E-state index is 11.6. The topological polar surface area (TPSA) is 93.0 Å². The zero-order valence-electron chi connectivity index (χ0n) is 12.0. The van der Waals surface area contributed by atoms with E-state index in [0.717, 1.165) is 0 Å². The third-order valence-corrected chi connectivity index (χ3v) is 2.26. The summed E-state index contributed by atoms with van der Waals surface area (Å²) in [7, 11) is 1.48. The number of rotatable bonds is 4. The van der Waals surface area contributed by atoms with Gasteiger partial charge < -0.3 is 20.0 Å². The summed E-state index contributed by atoms with van der Waals surface area (Å²) in [4.78, 5) is 15.6. The Kier molecular flexibility index (Phi) is 5.31. The van der Waals surface area contributed by atoms with Crippen LogP contribution in [0.2, 0.25) is 0 Å². The number of pyridine rings is 1. The number of aromatic nitrogens is 1. The number of alkyl carbamates (subject to hydrolysis) is 1. The quantitative estimate of drug-likeness (QED) is 0.499. The molecule has 0 aliphatic rings. The van der Waals surface area contributed by atoms with Crippen LogP contribution in [0.25, 0.3) is 0 Å². The molecule has 0 saturated carbocycles. The van der Waals surface area contributed by atoms with Crippen LogP contribution in [-0.2, 0) is 11.3 Å². The molecule has 110 valence electrons. The van der Waals surface area contributed by atoms with Gasteiger partial charge in [0.25, 0.3) is 0 Å². The summed E-state index contributed by atoms with van der Waals surface area (Å²) >= 11 is 0. The smallest absolute Gasteiger partial charge is 0.407 e. The van der Waals surface area contributed by atoms with E-state index in [1.54, 1.807) is 27.0 Å². The second-order valence-corrected chi connectivity index (χ2v) is 5.01. The molecule has 2 N–H and O–H groups in total. The van der Waals surface area contributed by atoms with Crippen molar-refractivity contribution in [1.29, 1.82) is 0 Å². The molecule has 1 rings (SSSR count). The molecule has 7 nitrogen and oxygen atoms in total. The van der Waals surface area contributed by atoms with Crippen LogP contribution in [0.1, 0.15) is 31.9 Å². The van der Waals surface area contributed by atoms with Gasteiger partial charge in [0, 0.05) is 23.9 Å². The number of amides is 1. The van der Waals surface area contributed by atoms with E-state index >= 15 is 0 Å². The minimum absolute atomic E-state index is 0.181. The molecule has 0 aliphatic carbocycles. The second kappa shape index (κ2) is 6.74. The molecule has 0 aliphatic heterocycles. The number of ether oxygens (including phenoxy) is 2. The third kappa shape index (κ3) is 4.75. The average molecular weight is 281 g/mol. The number of carbonyl (C=O) groups is 1. The monoisotopic (exact) mass is 281 g/mol. The molecular weight excluding hydrogens is 262 g/mol. The first-order chi connectivity index (χ1) is 9.37. The van der Waals surface area contributed by atoms with E-state index in [0.29, 0.717) is 16.9 Å². The highest BCUT2D eigenvalue weighted by Gasteiger charge is 2.16. The van der Waals surface area contributed by atoms with Crippen LogP contribution < -0.4 is 10.1 Å². The van der Waals surface area contributed by atoms with Gasteiger partial charge in [-0.1, -0.05) is 5.16 Å². The van der Waals surface area contributed by atoms with Crippen molar-refractivity contribution in [3.63, 3.8) is 0 Å². The highest BCUT2D eigenvalue weighted by Crippen LogP contribution is 2.18. The SMILES string of the molecule is COc1cncc(CNC(=O)OC(C)(C)C)c1/C=N\O.